The average Bonchev–Trinajstić information content (AvgIpc) is 3.31. The van der Waals surface area contributed by atoms with Crippen molar-refractivity contribution in [3.8, 4) is 5.75 Å². The first kappa shape index (κ1) is 25.3. The molecule has 2 heterocycles. The maximum Gasteiger partial charge on any atom is 0.332 e. The van der Waals surface area contributed by atoms with Crippen LogP contribution >= 0.6 is 0 Å². The Bertz CT molecular complexity index is 1420. The number of ether oxygens (including phenoxy) is 1. The highest BCUT2D eigenvalue weighted by atomic mass is 16.5. The Kier molecular flexibility index (Phi) is 7.93. The smallest absolute Gasteiger partial charge is 0.332 e. The number of hydrogen-bond acceptors (Lipinski definition) is 5. The van der Waals surface area contributed by atoms with Crippen molar-refractivity contribution >= 4 is 16.9 Å². The summed E-state index contributed by atoms with van der Waals surface area (Å²) in [6.07, 6.45) is 2.62. The average molecular weight is 490 g/mol. The second-order valence-electron chi connectivity index (χ2n) is 9.47. The standard InChI is InChI=1S/C28H35N5O3/c1-5-17-36-24-14-10-9-11-22(24)19-31(23-12-7-6-8-13-23)15-16-32-20-29-26-25(32)27(34)30(4)28(35)33(26)18-21(2)3/h6-14,20-21H,5,15-19H2,1-4H3. The van der Waals surface area contributed by atoms with E-state index in [1.807, 2.05) is 54.8 Å². The normalized spacial score (nSPS) is 11.4. The lowest BCUT2D eigenvalue weighted by atomic mass is 10.1. The number of fused-ring (bicyclic) bond motifs is 1. The Morgan fingerprint density at radius 3 is 2.47 bits per heavy atom. The van der Waals surface area contributed by atoms with Crippen LogP contribution in [-0.4, -0.2) is 31.8 Å². The Hall–Kier alpha value is -3.81. The van der Waals surface area contributed by atoms with Crippen molar-refractivity contribution in [2.75, 3.05) is 18.1 Å². The van der Waals surface area contributed by atoms with Gasteiger partial charge in [-0.3, -0.25) is 13.9 Å². The van der Waals surface area contributed by atoms with Crippen molar-refractivity contribution < 1.29 is 4.74 Å². The summed E-state index contributed by atoms with van der Waals surface area (Å²) in [5, 5.41) is 0. The summed E-state index contributed by atoms with van der Waals surface area (Å²) in [6.45, 7) is 9.20. The molecule has 8 nitrogen and oxygen atoms in total. The highest BCUT2D eigenvalue weighted by molar-refractivity contribution is 5.70. The van der Waals surface area contributed by atoms with Crippen LogP contribution in [0.3, 0.4) is 0 Å². The highest BCUT2D eigenvalue weighted by Gasteiger charge is 2.18. The third kappa shape index (κ3) is 5.37. The van der Waals surface area contributed by atoms with Crippen LogP contribution in [0.15, 0.2) is 70.5 Å². The highest BCUT2D eigenvalue weighted by Crippen LogP contribution is 2.24. The molecule has 0 saturated heterocycles. The lowest BCUT2D eigenvalue weighted by molar-refractivity contribution is 0.314. The molecule has 0 saturated carbocycles. The quantitative estimate of drug-likeness (QED) is 0.318. The van der Waals surface area contributed by atoms with Crippen LogP contribution in [0.2, 0.25) is 0 Å². The molecule has 0 aliphatic rings. The van der Waals surface area contributed by atoms with Crippen LogP contribution in [0.25, 0.3) is 11.2 Å². The first-order chi connectivity index (χ1) is 17.4. The lowest BCUT2D eigenvalue weighted by Gasteiger charge is -2.26. The molecule has 0 atom stereocenters. The molecule has 0 spiro atoms. The largest absolute Gasteiger partial charge is 0.493 e. The molecule has 36 heavy (non-hydrogen) atoms. The zero-order chi connectivity index (χ0) is 25.7. The van der Waals surface area contributed by atoms with Gasteiger partial charge in [-0.1, -0.05) is 57.2 Å². The van der Waals surface area contributed by atoms with Crippen LogP contribution in [0.4, 0.5) is 5.69 Å². The summed E-state index contributed by atoms with van der Waals surface area (Å²) < 4.78 is 10.6. The van der Waals surface area contributed by atoms with E-state index in [2.05, 4.69) is 35.0 Å². The summed E-state index contributed by atoms with van der Waals surface area (Å²) in [4.78, 5) is 32.6. The third-order valence-electron chi connectivity index (χ3n) is 6.17. The van der Waals surface area contributed by atoms with Gasteiger partial charge in [0.05, 0.1) is 12.9 Å². The van der Waals surface area contributed by atoms with Gasteiger partial charge in [-0.2, -0.15) is 0 Å². The van der Waals surface area contributed by atoms with Gasteiger partial charge in [-0.15, -0.1) is 0 Å². The van der Waals surface area contributed by atoms with Gasteiger partial charge in [0.2, 0.25) is 0 Å². The van der Waals surface area contributed by atoms with Gasteiger partial charge >= 0.3 is 5.69 Å². The summed E-state index contributed by atoms with van der Waals surface area (Å²) in [5.41, 5.74) is 2.43. The van der Waals surface area contributed by atoms with Crippen molar-refractivity contribution in [3.05, 3.63) is 87.3 Å². The minimum Gasteiger partial charge on any atom is -0.493 e. The Labute approximate surface area is 211 Å². The number of nitrogens with zero attached hydrogens (tertiary/aromatic N) is 5. The van der Waals surface area contributed by atoms with Crippen molar-refractivity contribution in [1.82, 2.24) is 18.7 Å². The van der Waals surface area contributed by atoms with Crippen LogP contribution in [-0.2, 0) is 26.7 Å². The minimum absolute atomic E-state index is 0.247. The number of para-hydroxylation sites is 2. The molecule has 0 radical (unpaired) electrons. The van der Waals surface area contributed by atoms with E-state index in [4.69, 9.17) is 4.74 Å². The monoisotopic (exact) mass is 489 g/mol. The first-order valence-corrected chi connectivity index (χ1v) is 12.6. The SMILES string of the molecule is CCCOc1ccccc1CN(CCn1cnc2c1c(=O)n(C)c(=O)n2CC(C)C)c1ccccc1. The van der Waals surface area contributed by atoms with Crippen LogP contribution in [0, 0.1) is 5.92 Å². The third-order valence-corrected chi connectivity index (χ3v) is 6.17. The summed E-state index contributed by atoms with van der Waals surface area (Å²) in [6, 6.07) is 18.3. The molecule has 2 aromatic heterocycles. The van der Waals surface area contributed by atoms with Gasteiger partial charge in [0, 0.05) is 44.5 Å². The van der Waals surface area contributed by atoms with Crippen LogP contribution in [0.1, 0.15) is 32.8 Å². The predicted molar refractivity (Wildman–Crippen MR) is 144 cm³/mol. The molecule has 0 aliphatic carbocycles. The molecule has 4 aromatic rings. The second kappa shape index (κ2) is 11.3. The number of benzene rings is 2. The van der Waals surface area contributed by atoms with E-state index >= 15 is 0 Å². The molecule has 190 valence electrons. The van der Waals surface area contributed by atoms with Gasteiger partial charge in [0.25, 0.3) is 5.56 Å². The summed E-state index contributed by atoms with van der Waals surface area (Å²) >= 11 is 0. The topological polar surface area (TPSA) is 74.3 Å². The van der Waals surface area contributed by atoms with E-state index in [0.717, 1.165) is 23.4 Å². The Morgan fingerprint density at radius 1 is 1.03 bits per heavy atom. The zero-order valence-corrected chi connectivity index (χ0v) is 21.6. The van der Waals surface area contributed by atoms with E-state index < -0.39 is 0 Å². The second-order valence-corrected chi connectivity index (χ2v) is 9.47. The fourth-order valence-electron chi connectivity index (χ4n) is 4.36. The fraction of sp³-hybridized carbons (Fsp3) is 0.393. The van der Waals surface area contributed by atoms with E-state index in [-0.39, 0.29) is 17.2 Å². The van der Waals surface area contributed by atoms with Crippen molar-refractivity contribution in [2.24, 2.45) is 13.0 Å². The fourth-order valence-corrected chi connectivity index (χ4v) is 4.36. The van der Waals surface area contributed by atoms with Crippen molar-refractivity contribution in [1.29, 1.82) is 0 Å². The minimum atomic E-state index is -0.332. The van der Waals surface area contributed by atoms with Crippen molar-refractivity contribution in [3.63, 3.8) is 0 Å². The number of anilines is 1. The number of rotatable bonds is 11. The van der Waals surface area contributed by atoms with Crippen LogP contribution in [0.5, 0.6) is 5.75 Å². The van der Waals surface area contributed by atoms with Gasteiger partial charge in [0.1, 0.15) is 5.75 Å². The maximum absolute atomic E-state index is 13.1. The molecule has 0 aliphatic heterocycles. The van der Waals surface area contributed by atoms with Crippen LogP contribution < -0.4 is 20.9 Å². The number of imidazole rings is 1. The Balaban J connectivity index is 1.67. The Morgan fingerprint density at radius 2 is 1.75 bits per heavy atom. The molecule has 0 amide bonds. The summed E-state index contributed by atoms with van der Waals surface area (Å²) in [5.74, 6) is 1.14. The van der Waals surface area contributed by atoms with Crippen molar-refractivity contribution in [2.45, 2.75) is 46.8 Å². The van der Waals surface area contributed by atoms with E-state index in [1.165, 1.54) is 11.6 Å². The first-order valence-electron chi connectivity index (χ1n) is 12.6. The number of aromatic nitrogens is 4. The lowest BCUT2D eigenvalue weighted by Crippen LogP contribution is -2.39. The molecule has 0 N–H and O–H groups in total. The predicted octanol–water partition coefficient (Wildman–Crippen LogP) is 4.05. The molecule has 8 heteroatoms. The van der Waals surface area contributed by atoms with E-state index in [0.29, 0.717) is 43.9 Å². The number of hydrogen-bond donors (Lipinski definition) is 0. The maximum atomic E-state index is 13.1. The molecule has 2 aromatic carbocycles. The van der Waals surface area contributed by atoms with Gasteiger partial charge in [0.15, 0.2) is 11.2 Å². The van der Waals surface area contributed by atoms with E-state index in [1.54, 1.807) is 10.9 Å². The molecule has 0 bridgehead atoms. The van der Waals surface area contributed by atoms with E-state index in [9.17, 15) is 9.59 Å². The van der Waals surface area contributed by atoms with Gasteiger partial charge in [-0.05, 0) is 30.5 Å². The summed E-state index contributed by atoms with van der Waals surface area (Å²) in [7, 11) is 1.53. The zero-order valence-electron chi connectivity index (χ0n) is 21.6. The van der Waals surface area contributed by atoms with Gasteiger partial charge in [-0.25, -0.2) is 9.78 Å². The molecular weight excluding hydrogens is 454 g/mol. The molecular formula is C28H35N5O3. The molecule has 0 fully saturated rings. The molecule has 4 rings (SSSR count). The van der Waals surface area contributed by atoms with Gasteiger partial charge < -0.3 is 14.2 Å². The molecule has 0 unspecified atom stereocenters.